The summed E-state index contributed by atoms with van der Waals surface area (Å²) in [5.74, 6) is -0.267. The first kappa shape index (κ1) is 19.2. The summed E-state index contributed by atoms with van der Waals surface area (Å²) >= 11 is 5.73. The van der Waals surface area contributed by atoms with Crippen molar-refractivity contribution < 1.29 is 9.13 Å². The first-order chi connectivity index (χ1) is 14.7. The number of nitrogens with one attached hydrogen (secondary N) is 1. The molecule has 1 N–H and O–H groups in total. The first-order valence-electron chi connectivity index (χ1n) is 10.2. The van der Waals surface area contributed by atoms with Gasteiger partial charge in [-0.15, -0.1) is 0 Å². The predicted octanol–water partition coefficient (Wildman–Crippen LogP) is 4.38. The van der Waals surface area contributed by atoms with Gasteiger partial charge in [-0.05, 0) is 73.6 Å². The van der Waals surface area contributed by atoms with Gasteiger partial charge in [-0.25, -0.2) is 4.39 Å². The fraction of sp³-hybridized carbons (Fsp3) is 0.304. The molecule has 0 bridgehead atoms. The minimum atomic E-state index is -0.267. The number of aromatic nitrogens is 2. The van der Waals surface area contributed by atoms with Crippen LogP contribution in [0.2, 0.25) is 0 Å². The van der Waals surface area contributed by atoms with E-state index in [1.807, 2.05) is 18.2 Å². The van der Waals surface area contributed by atoms with E-state index in [9.17, 15) is 4.39 Å². The predicted molar refractivity (Wildman–Crippen MR) is 118 cm³/mol. The third-order valence-electron chi connectivity index (χ3n) is 5.79. The Hall–Kier alpha value is -2.77. The second-order valence-corrected chi connectivity index (χ2v) is 8.08. The molecule has 4 heterocycles. The van der Waals surface area contributed by atoms with Crippen molar-refractivity contribution >= 4 is 23.0 Å². The van der Waals surface area contributed by atoms with Crippen molar-refractivity contribution in [3.05, 3.63) is 84.2 Å². The fourth-order valence-electron chi connectivity index (χ4n) is 4.40. The summed E-state index contributed by atoms with van der Waals surface area (Å²) in [6, 6.07) is 16.3. The van der Waals surface area contributed by atoms with E-state index in [1.54, 1.807) is 18.3 Å². The molecule has 1 aromatic carbocycles. The van der Waals surface area contributed by atoms with Gasteiger partial charge in [0.2, 0.25) is 0 Å². The maximum atomic E-state index is 13.6. The van der Waals surface area contributed by atoms with E-state index in [1.165, 1.54) is 12.1 Å². The Kier molecular flexibility index (Phi) is 5.23. The summed E-state index contributed by atoms with van der Waals surface area (Å²) in [5, 5.41) is 4.05. The van der Waals surface area contributed by atoms with Crippen molar-refractivity contribution in [3.8, 4) is 0 Å². The molecule has 2 aliphatic rings. The number of hydrogen-bond acceptors (Lipinski definition) is 3. The monoisotopic (exact) mass is 422 g/mol. The van der Waals surface area contributed by atoms with Crippen molar-refractivity contribution in [2.75, 3.05) is 11.5 Å². The van der Waals surface area contributed by atoms with Gasteiger partial charge in [-0.2, -0.15) is 0 Å². The number of halogens is 1. The van der Waals surface area contributed by atoms with E-state index < -0.39 is 0 Å². The van der Waals surface area contributed by atoms with Crippen LogP contribution in [0.15, 0.2) is 67.0 Å². The Balaban J connectivity index is 1.57. The number of pyridine rings is 1. The van der Waals surface area contributed by atoms with E-state index >= 15 is 0 Å². The van der Waals surface area contributed by atoms with Gasteiger partial charge in [-0.3, -0.25) is 4.98 Å². The number of nitrogens with zero attached hydrogens (tertiary/aromatic N) is 3. The summed E-state index contributed by atoms with van der Waals surface area (Å²) in [4.78, 5) is 6.65. The lowest BCUT2D eigenvalue weighted by Gasteiger charge is -2.29. The number of rotatable bonds is 5. The molecule has 0 aliphatic carbocycles. The molecule has 7 heteroatoms. The number of anilines is 1. The summed E-state index contributed by atoms with van der Waals surface area (Å²) in [6.45, 7) is 1.63. The van der Waals surface area contributed by atoms with Crippen LogP contribution in [0.5, 0.6) is 0 Å². The van der Waals surface area contributed by atoms with Gasteiger partial charge in [0.1, 0.15) is 11.9 Å². The van der Waals surface area contributed by atoms with Crippen LogP contribution in [0, 0.1) is 5.82 Å². The molecule has 30 heavy (non-hydrogen) atoms. The van der Waals surface area contributed by atoms with E-state index in [0.717, 1.165) is 43.1 Å². The van der Waals surface area contributed by atoms with E-state index in [4.69, 9.17) is 17.0 Å². The molecule has 2 saturated heterocycles. The van der Waals surface area contributed by atoms with Crippen molar-refractivity contribution in [2.24, 2.45) is 0 Å². The third-order valence-corrected chi connectivity index (χ3v) is 6.11. The van der Waals surface area contributed by atoms with Crippen LogP contribution in [0.25, 0.3) is 0 Å². The van der Waals surface area contributed by atoms with Crippen molar-refractivity contribution in [1.82, 2.24) is 14.9 Å². The maximum Gasteiger partial charge on any atom is 0.174 e. The van der Waals surface area contributed by atoms with E-state index in [-0.39, 0.29) is 24.0 Å². The zero-order chi connectivity index (χ0) is 20.5. The average molecular weight is 423 g/mol. The molecule has 0 spiro atoms. The summed E-state index contributed by atoms with van der Waals surface area (Å²) in [5.41, 5.74) is 2.89. The molecule has 154 valence electrons. The van der Waals surface area contributed by atoms with Gasteiger partial charge in [-0.1, -0.05) is 6.07 Å². The van der Waals surface area contributed by atoms with Gasteiger partial charge in [0.15, 0.2) is 5.11 Å². The molecule has 5 rings (SSSR count). The van der Waals surface area contributed by atoms with Crippen LogP contribution in [-0.2, 0) is 11.3 Å². The Morgan fingerprint density at radius 3 is 2.73 bits per heavy atom. The second-order valence-electron chi connectivity index (χ2n) is 7.69. The summed E-state index contributed by atoms with van der Waals surface area (Å²) in [6.07, 6.45) is 6.30. The maximum absolute atomic E-state index is 13.6. The van der Waals surface area contributed by atoms with E-state index in [0.29, 0.717) is 5.11 Å². The number of thiocarbonyl (C=S) groups is 1. The largest absolute Gasteiger partial charge is 0.376 e. The molecule has 0 saturated carbocycles. The second kappa shape index (κ2) is 8.16. The fourth-order valence-corrected chi connectivity index (χ4v) is 4.75. The quantitative estimate of drug-likeness (QED) is 0.618. The molecular weight excluding hydrogens is 399 g/mol. The molecule has 0 radical (unpaired) electrons. The Morgan fingerprint density at radius 1 is 1.13 bits per heavy atom. The zero-order valence-corrected chi connectivity index (χ0v) is 17.3. The minimum Gasteiger partial charge on any atom is -0.376 e. The van der Waals surface area contributed by atoms with Gasteiger partial charge in [0, 0.05) is 36.9 Å². The molecule has 0 amide bonds. The number of hydrogen-bond donors (Lipinski definition) is 1. The Labute approximate surface area is 180 Å². The van der Waals surface area contributed by atoms with E-state index in [2.05, 4.69) is 38.1 Å². The lowest BCUT2D eigenvalue weighted by molar-refractivity contribution is 0.0961. The van der Waals surface area contributed by atoms with Crippen molar-refractivity contribution in [3.63, 3.8) is 0 Å². The lowest BCUT2D eigenvalue weighted by atomic mass is 10.0. The van der Waals surface area contributed by atoms with Crippen molar-refractivity contribution in [2.45, 2.75) is 37.6 Å². The molecule has 0 unspecified atom stereocenters. The van der Waals surface area contributed by atoms with Gasteiger partial charge in [0.25, 0.3) is 0 Å². The molecule has 3 atom stereocenters. The highest BCUT2D eigenvalue weighted by molar-refractivity contribution is 7.80. The Morgan fingerprint density at radius 2 is 2.00 bits per heavy atom. The lowest BCUT2D eigenvalue weighted by Crippen LogP contribution is -2.31. The molecule has 2 fully saturated rings. The first-order valence-corrected chi connectivity index (χ1v) is 10.6. The van der Waals surface area contributed by atoms with Crippen LogP contribution < -0.4 is 10.2 Å². The smallest absolute Gasteiger partial charge is 0.174 e. The van der Waals surface area contributed by atoms with Crippen LogP contribution >= 0.6 is 12.2 Å². The normalized spacial score (nSPS) is 23.7. The van der Waals surface area contributed by atoms with Gasteiger partial charge < -0.3 is 19.5 Å². The topological polar surface area (TPSA) is 42.3 Å². The standard InChI is InChI=1S/C23H23FN4OS/c24-16-8-10-17(11-9-16)28-22(21(26-23(28)30)19-6-1-2-12-25-19)20-7-3-13-27(20)15-18-5-4-14-29-18/h1-3,6-13,18,21-22H,4-5,14-15H2,(H,26,30)/t18-,21+,22-/m0/s1. The number of ether oxygens (including phenoxy) is 1. The molecule has 2 aliphatic heterocycles. The summed E-state index contributed by atoms with van der Waals surface area (Å²) in [7, 11) is 0. The SMILES string of the molecule is Fc1ccc(N2C(=S)N[C@H](c3ccccn3)[C@@H]2c2cccn2C[C@@H]2CCCO2)cc1. The van der Waals surface area contributed by atoms with Crippen LogP contribution in [0.1, 0.15) is 36.3 Å². The average Bonchev–Trinajstić information content (AvgIpc) is 3.50. The van der Waals surface area contributed by atoms with Crippen molar-refractivity contribution in [1.29, 1.82) is 0 Å². The third kappa shape index (κ3) is 3.59. The highest BCUT2D eigenvalue weighted by Gasteiger charge is 2.42. The van der Waals surface area contributed by atoms with Crippen LogP contribution in [0.3, 0.4) is 0 Å². The minimum absolute atomic E-state index is 0.116. The van der Waals surface area contributed by atoms with Crippen LogP contribution in [0.4, 0.5) is 10.1 Å². The highest BCUT2D eigenvalue weighted by Crippen LogP contribution is 2.41. The molecule has 3 aromatic rings. The van der Waals surface area contributed by atoms with Crippen LogP contribution in [-0.4, -0.2) is 27.4 Å². The molecule has 2 aromatic heterocycles. The number of benzene rings is 1. The Bertz CT molecular complexity index is 1020. The molecular formula is C23H23FN4OS. The summed E-state index contributed by atoms with van der Waals surface area (Å²) < 4.78 is 21.7. The zero-order valence-electron chi connectivity index (χ0n) is 16.4. The molecule has 5 nitrogen and oxygen atoms in total. The highest BCUT2D eigenvalue weighted by atomic mass is 32.1. The van der Waals surface area contributed by atoms with Gasteiger partial charge in [0.05, 0.1) is 17.8 Å². The van der Waals surface area contributed by atoms with Gasteiger partial charge >= 0.3 is 0 Å².